The normalized spacial score (nSPS) is 11.9. The average molecular weight is 434 g/mol. The van der Waals surface area contributed by atoms with Gasteiger partial charge in [0.2, 0.25) is 0 Å². The lowest BCUT2D eigenvalue weighted by molar-refractivity contribution is 0.102. The molecule has 0 saturated heterocycles. The molecule has 1 amide bonds. The molecule has 0 spiro atoms. The Kier molecular flexibility index (Phi) is 5.72. The quantitative estimate of drug-likeness (QED) is 0.614. The van der Waals surface area contributed by atoms with E-state index >= 15 is 0 Å². The van der Waals surface area contributed by atoms with Gasteiger partial charge in [0.1, 0.15) is 5.82 Å². The Morgan fingerprint density at radius 2 is 1.72 bits per heavy atom. The van der Waals surface area contributed by atoms with Gasteiger partial charge >= 0.3 is 0 Å². The smallest absolute Gasteiger partial charge is 0.261 e. The second-order valence-corrected chi connectivity index (χ2v) is 9.89. The number of benzene rings is 2. The number of aromatic nitrogens is 1. The van der Waals surface area contributed by atoms with E-state index in [1.165, 1.54) is 53.8 Å². The molecule has 0 fully saturated rings. The molecular weight excluding hydrogens is 413 g/mol. The summed E-state index contributed by atoms with van der Waals surface area (Å²) < 4.78 is 40.8. The van der Waals surface area contributed by atoms with Gasteiger partial charge in [0.05, 0.1) is 16.3 Å². The van der Waals surface area contributed by atoms with Crippen LogP contribution in [0.1, 0.15) is 36.8 Å². The molecule has 3 aromatic rings. The number of hydrogen-bond donors (Lipinski definition) is 2. The Bertz CT molecular complexity index is 1130. The first-order valence-corrected chi connectivity index (χ1v) is 11.1. The van der Waals surface area contributed by atoms with Crippen molar-refractivity contribution < 1.29 is 17.6 Å². The summed E-state index contributed by atoms with van der Waals surface area (Å²) in [6.45, 7) is 6.09. The molecule has 9 heteroatoms. The predicted molar refractivity (Wildman–Crippen MR) is 112 cm³/mol. The molecule has 2 N–H and O–H groups in total. The van der Waals surface area contributed by atoms with E-state index in [9.17, 15) is 17.6 Å². The van der Waals surface area contributed by atoms with E-state index in [1.54, 1.807) is 0 Å². The van der Waals surface area contributed by atoms with Crippen molar-refractivity contribution in [1.82, 2.24) is 4.98 Å². The zero-order chi connectivity index (χ0) is 21.2. The summed E-state index contributed by atoms with van der Waals surface area (Å²) in [6.07, 6.45) is 0. The largest absolute Gasteiger partial charge is 0.298 e. The van der Waals surface area contributed by atoms with E-state index in [0.29, 0.717) is 5.13 Å². The van der Waals surface area contributed by atoms with Crippen molar-refractivity contribution in [1.29, 1.82) is 0 Å². The Hall–Kier alpha value is -2.78. The van der Waals surface area contributed by atoms with E-state index in [0.717, 1.165) is 11.8 Å². The number of nitrogens with one attached hydrogen (secondary N) is 2. The van der Waals surface area contributed by atoms with E-state index in [-0.39, 0.29) is 21.6 Å². The standard InChI is InChI=1S/C20H20FN3O3S2/c1-20(2,3)17-12-28-19(22-17)23-18(25)13-8-10-14(11-9-13)29(26,27)24-16-7-5-4-6-15(16)21/h4-12,24H,1-3H3,(H,22,23,25). The van der Waals surface area contributed by atoms with Gasteiger partial charge in [-0.25, -0.2) is 17.8 Å². The number of hydrogen-bond acceptors (Lipinski definition) is 5. The Morgan fingerprint density at radius 3 is 2.31 bits per heavy atom. The van der Waals surface area contributed by atoms with Gasteiger partial charge < -0.3 is 0 Å². The van der Waals surface area contributed by atoms with Crippen LogP contribution in [0.4, 0.5) is 15.2 Å². The highest BCUT2D eigenvalue weighted by Gasteiger charge is 2.19. The first-order chi connectivity index (χ1) is 13.6. The Balaban J connectivity index is 1.73. The van der Waals surface area contributed by atoms with Crippen LogP contribution < -0.4 is 10.0 Å². The highest BCUT2D eigenvalue weighted by atomic mass is 32.2. The third-order valence-electron chi connectivity index (χ3n) is 4.04. The van der Waals surface area contributed by atoms with Crippen molar-refractivity contribution in [2.45, 2.75) is 31.1 Å². The van der Waals surface area contributed by atoms with Crippen LogP contribution in [0.5, 0.6) is 0 Å². The zero-order valence-corrected chi connectivity index (χ0v) is 17.7. The molecule has 0 aliphatic heterocycles. The summed E-state index contributed by atoms with van der Waals surface area (Å²) >= 11 is 1.32. The molecule has 0 unspecified atom stereocenters. The molecule has 0 saturated carbocycles. The molecule has 0 atom stereocenters. The van der Waals surface area contributed by atoms with Gasteiger partial charge in [-0.15, -0.1) is 11.3 Å². The first-order valence-electron chi connectivity index (χ1n) is 8.71. The second kappa shape index (κ2) is 7.92. The van der Waals surface area contributed by atoms with Gasteiger partial charge in [0.25, 0.3) is 15.9 Å². The number of amides is 1. The van der Waals surface area contributed by atoms with Crippen LogP contribution in [0.15, 0.2) is 58.8 Å². The summed E-state index contributed by atoms with van der Waals surface area (Å²) in [5.74, 6) is -1.07. The van der Waals surface area contributed by atoms with Crippen LogP contribution in [0.25, 0.3) is 0 Å². The van der Waals surface area contributed by atoms with Crippen LogP contribution in [0.3, 0.4) is 0 Å². The number of carbonyl (C=O) groups is 1. The van der Waals surface area contributed by atoms with Crippen LogP contribution in [0, 0.1) is 5.82 Å². The SMILES string of the molecule is CC(C)(C)c1csc(NC(=O)c2ccc(S(=O)(=O)Nc3ccccc3F)cc2)n1. The number of rotatable bonds is 5. The summed E-state index contributed by atoms with van der Waals surface area (Å²) in [7, 11) is -3.98. The predicted octanol–water partition coefficient (Wildman–Crippen LogP) is 4.63. The molecule has 0 bridgehead atoms. The molecular formula is C20H20FN3O3S2. The maximum atomic E-state index is 13.7. The maximum absolute atomic E-state index is 13.7. The summed E-state index contributed by atoms with van der Waals surface area (Å²) in [6, 6.07) is 10.9. The van der Waals surface area contributed by atoms with Crippen molar-refractivity contribution in [2.75, 3.05) is 10.0 Å². The van der Waals surface area contributed by atoms with Crippen molar-refractivity contribution in [3.8, 4) is 0 Å². The summed E-state index contributed by atoms with van der Waals surface area (Å²) in [4.78, 5) is 16.7. The summed E-state index contributed by atoms with van der Waals surface area (Å²) in [5, 5.41) is 5.07. The van der Waals surface area contributed by atoms with Crippen LogP contribution in [0.2, 0.25) is 0 Å². The van der Waals surface area contributed by atoms with Crippen LogP contribution in [-0.4, -0.2) is 19.3 Å². The molecule has 0 aliphatic carbocycles. The van der Waals surface area contributed by atoms with Crippen LogP contribution >= 0.6 is 11.3 Å². The monoisotopic (exact) mass is 433 g/mol. The topological polar surface area (TPSA) is 88.2 Å². The number of carbonyl (C=O) groups excluding carboxylic acids is 1. The number of anilines is 2. The van der Waals surface area contributed by atoms with Gasteiger partial charge in [-0.3, -0.25) is 14.8 Å². The Morgan fingerprint density at radius 1 is 1.07 bits per heavy atom. The van der Waals surface area contributed by atoms with E-state index in [2.05, 4.69) is 15.0 Å². The minimum absolute atomic E-state index is 0.0819. The molecule has 2 aromatic carbocycles. The zero-order valence-electron chi connectivity index (χ0n) is 16.1. The van der Waals surface area contributed by atoms with Crippen LogP contribution in [-0.2, 0) is 15.4 Å². The maximum Gasteiger partial charge on any atom is 0.261 e. The number of halogens is 1. The van der Waals surface area contributed by atoms with E-state index in [4.69, 9.17) is 0 Å². The van der Waals surface area contributed by atoms with Gasteiger partial charge in [0, 0.05) is 16.4 Å². The van der Waals surface area contributed by atoms with E-state index < -0.39 is 21.7 Å². The highest BCUT2D eigenvalue weighted by Crippen LogP contribution is 2.26. The number of nitrogens with zero attached hydrogens (tertiary/aromatic N) is 1. The molecule has 6 nitrogen and oxygen atoms in total. The number of sulfonamides is 1. The van der Waals surface area contributed by atoms with Crippen molar-refractivity contribution >= 4 is 38.1 Å². The minimum Gasteiger partial charge on any atom is -0.298 e. The minimum atomic E-state index is -3.98. The fourth-order valence-electron chi connectivity index (χ4n) is 2.38. The molecule has 3 rings (SSSR count). The molecule has 29 heavy (non-hydrogen) atoms. The molecule has 1 heterocycles. The third kappa shape index (κ3) is 4.99. The van der Waals surface area contributed by atoms with Gasteiger partial charge in [0.15, 0.2) is 5.13 Å². The van der Waals surface area contributed by atoms with E-state index in [1.807, 2.05) is 26.2 Å². The van der Waals surface area contributed by atoms with Gasteiger partial charge in [-0.05, 0) is 36.4 Å². The lowest BCUT2D eigenvalue weighted by atomic mass is 9.93. The fraction of sp³-hybridized carbons (Fsp3) is 0.200. The lowest BCUT2D eigenvalue weighted by Gasteiger charge is -2.14. The number of para-hydroxylation sites is 1. The van der Waals surface area contributed by atoms with Crippen molar-refractivity contribution in [3.63, 3.8) is 0 Å². The highest BCUT2D eigenvalue weighted by molar-refractivity contribution is 7.92. The number of thiazole rings is 1. The fourth-order valence-corrected chi connectivity index (χ4v) is 4.38. The first kappa shape index (κ1) is 20.9. The lowest BCUT2D eigenvalue weighted by Crippen LogP contribution is -2.16. The molecule has 0 aliphatic rings. The van der Waals surface area contributed by atoms with Crippen molar-refractivity contribution in [2.24, 2.45) is 0 Å². The van der Waals surface area contributed by atoms with Gasteiger partial charge in [-0.2, -0.15) is 0 Å². The third-order valence-corrected chi connectivity index (χ3v) is 6.18. The van der Waals surface area contributed by atoms with Gasteiger partial charge in [-0.1, -0.05) is 32.9 Å². The van der Waals surface area contributed by atoms with Crippen molar-refractivity contribution in [3.05, 3.63) is 71.0 Å². The Labute approximate surface area is 172 Å². The average Bonchev–Trinajstić information content (AvgIpc) is 3.12. The molecule has 0 radical (unpaired) electrons. The molecule has 1 aromatic heterocycles. The second-order valence-electron chi connectivity index (χ2n) is 7.35. The summed E-state index contributed by atoms with van der Waals surface area (Å²) in [5.41, 5.74) is 0.884. The molecule has 152 valence electrons.